The molecule has 0 bridgehead atoms. The number of carboxylic acid groups (broad SMARTS) is 1. The number of esters is 2. The monoisotopic (exact) mass is 1000 g/mol. The fourth-order valence-corrected chi connectivity index (χ4v) is 8.42. The number of aliphatic carboxylic acids is 1. The highest BCUT2D eigenvalue weighted by Crippen LogP contribution is 2.16. The van der Waals surface area contributed by atoms with Crippen molar-refractivity contribution < 1.29 is 42.9 Å². The maximum absolute atomic E-state index is 12.9. The molecule has 2 atom stereocenters. The summed E-state index contributed by atoms with van der Waals surface area (Å²) in [7, 11) is 5.92. The van der Waals surface area contributed by atoms with Crippen molar-refractivity contribution in [3.63, 3.8) is 0 Å². The summed E-state index contributed by atoms with van der Waals surface area (Å²) >= 11 is 0. The summed E-state index contributed by atoms with van der Waals surface area (Å²) < 4.78 is 22.7. The smallest absolute Gasteiger partial charge is 0.306 e. The number of unbranched alkanes of at least 4 members (excludes halogenated alkanes) is 32. The Morgan fingerprint density at radius 1 is 0.423 bits per heavy atom. The van der Waals surface area contributed by atoms with Crippen LogP contribution in [0.15, 0.2) is 48.6 Å². The molecule has 0 aliphatic heterocycles. The van der Waals surface area contributed by atoms with Crippen LogP contribution in [0.2, 0.25) is 0 Å². The lowest BCUT2D eigenvalue weighted by Gasteiger charge is -2.26. The average molecular weight is 1000 g/mol. The maximum Gasteiger partial charge on any atom is 0.306 e. The molecular weight excluding hydrogens is 887 g/mol. The molecule has 414 valence electrons. The van der Waals surface area contributed by atoms with E-state index in [1.54, 1.807) is 0 Å². The van der Waals surface area contributed by atoms with Crippen molar-refractivity contribution in [2.24, 2.45) is 0 Å². The molecule has 0 saturated carbocycles. The highest BCUT2D eigenvalue weighted by atomic mass is 16.7. The van der Waals surface area contributed by atoms with Crippen molar-refractivity contribution in [2.75, 3.05) is 47.5 Å². The lowest BCUT2D eigenvalue weighted by atomic mass is 10.0. The predicted octanol–water partition coefficient (Wildman–Crippen LogP) is 16.1. The maximum atomic E-state index is 12.9. The molecule has 0 fully saturated rings. The molecule has 0 aromatic carbocycles. The van der Waals surface area contributed by atoms with Crippen LogP contribution >= 0.6 is 0 Å². The summed E-state index contributed by atoms with van der Waals surface area (Å²) in [5, 5.41) is 11.8. The number of carbonyl (C=O) groups is 3. The molecule has 0 heterocycles. The molecule has 9 nitrogen and oxygen atoms in total. The fraction of sp³-hybridized carbons (Fsp3) is 0.823. The number of quaternary nitrogens is 1. The van der Waals surface area contributed by atoms with E-state index in [1.165, 1.54) is 186 Å². The number of hydrogen-bond donors (Lipinski definition) is 0. The summed E-state index contributed by atoms with van der Waals surface area (Å²) in [4.78, 5) is 37.3. The molecule has 0 spiro atoms. The summed E-state index contributed by atoms with van der Waals surface area (Å²) in [5.74, 6) is -2.28. The molecule has 2 unspecified atom stereocenters. The van der Waals surface area contributed by atoms with Gasteiger partial charge < -0.3 is 33.3 Å². The normalized spacial score (nSPS) is 13.1. The Morgan fingerprint density at radius 2 is 0.761 bits per heavy atom. The zero-order valence-electron chi connectivity index (χ0n) is 47.1. The van der Waals surface area contributed by atoms with E-state index >= 15 is 0 Å². The molecule has 0 amide bonds. The van der Waals surface area contributed by atoms with Crippen LogP contribution in [0.1, 0.15) is 271 Å². The second kappa shape index (κ2) is 53.5. The van der Waals surface area contributed by atoms with Gasteiger partial charge in [0, 0.05) is 12.8 Å². The zero-order chi connectivity index (χ0) is 52.0. The lowest BCUT2D eigenvalue weighted by molar-refractivity contribution is -0.870. The van der Waals surface area contributed by atoms with E-state index in [0.717, 1.165) is 51.4 Å². The van der Waals surface area contributed by atoms with Gasteiger partial charge in [0.1, 0.15) is 13.2 Å². The number of nitrogens with zero attached hydrogens (tertiary/aromatic N) is 1. The number of carboxylic acids is 1. The summed E-state index contributed by atoms with van der Waals surface area (Å²) in [6.07, 6.45) is 62.9. The van der Waals surface area contributed by atoms with Gasteiger partial charge in [-0.2, -0.15) is 0 Å². The van der Waals surface area contributed by atoms with Crippen molar-refractivity contribution >= 4 is 17.9 Å². The van der Waals surface area contributed by atoms with Gasteiger partial charge in [-0.25, -0.2) is 0 Å². The van der Waals surface area contributed by atoms with Crippen LogP contribution in [-0.2, 0) is 33.3 Å². The van der Waals surface area contributed by atoms with E-state index in [-0.39, 0.29) is 38.6 Å². The third-order valence-electron chi connectivity index (χ3n) is 13.0. The molecule has 0 radical (unpaired) electrons. The summed E-state index contributed by atoms with van der Waals surface area (Å²) in [5.41, 5.74) is 0. The average Bonchev–Trinajstić information content (AvgIpc) is 3.34. The van der Waals surface area contributed by atoms with Gasteiger partial charge in [-0.1, -0.05) is 229 Å². The van der Waals surface area contributed by atoms with Crippen molar-refractivity contribution in [2.45, 2.75) is 283 Å². The zero-order valence-corrected chi connectivity index (χ0v) is 47.1. The number of ether oxygens (including phenoxy) is 4. The Labute approximate surface area is 438 Å². The third kappa shape index (κ3) is 54.9. The first kappa shape index (κ1) is 68.2. The van der Waals surface area contributed by atoms with Gasteiger partial charge >= 0.3 is 11.9 Å². The van der Waals surface area contributed by atoms with Gasteiger partial charge in [0.25, 0.3) is 0 Å². The second-order valence-electron chi connectivity index (χ2n) is 21.3. The van der Waals surface area contributed by atoms with Crippen LogP contribution in [0.4, 0.5) is 0 Å². The topological polar surface area (TPSA) is 111 Å². The van der Waals surface area contributed by atoms with Crippen LogP contribution in [0, 0.1) is 0 Å². The van der Waals surface area contributed by atoms with Crippen molar-refractivity contribution in [1.29, 1.82) is 0 Å². The summed E-state index contributed by atoms with van der Waals surface area (Å²) in [6, 6.07) is 0. The van der Waals surface area contributed by atoms with Crippen LogP contribution in [-0.4, -0.2) is 82.3 Å². The molecule has 0 aliphatic rings. The molecule has 9 heteroatoms. The number of likely N-dealkylation sites (N-methyl/N-ethyl adjacent to an activating group) is 1. The minimum Gasteiger partial charge on any atom is -0.545 e. The van der Waals surface area contributed by atoms with Crippen LogP contribution < -0.4 is 5.11 Å². The quantitative estimate of drug-likeness (QED) is 0.0195. The molecule has 0 aromatic heterocycles. The number of allylic oxidation sites excluding steroid dienone is 8. The molecule has 0 rings (SSSR count). The molecular formula is C62H113NO8. The van der Waals surface area contributed by atoms with Crippen molar-refractivity contribution in [3.8, 4) is 0 Å². The molecule has 71 heavy (non-hydrogen) atoms. The SMILES string of the molecule is CCCCCCC/C=C\C/C=C\CCCCCCCCCCCCCC(=O)OCC(COC(OCC[N+](C)(C)C)C(=O)[O-])OC(=O)CCCCCCCCCCCCC/C=C\C/C=C\CCCCCCC. The first-order chi connectivity index (χ1) is 34.6. The van der Waals surface area contributed by atoms with E-state index in [2.05, 4.69) is 62.5 Å². The van der Waals surface area contributed by atoms with Gasteiger partial charge in [-0.15, -0.1) is 0 Å². The van der Waals surface area contributed by atoms with Gasteiger partial charge in [0.15, 0.2) is 12.4 Å². The lowest BCUT2D eigenvalue weighted by Crippen LogP contribution is -2.44. The summed E-state index contributed by atoms with van der Waals surface area (Å²) in [6.45, 7) is 4.75. The minimum absolute atomic E-state index is 0.147. The Hall–Kier alpha value is -2.75. The van der Waals surface area contributed by atoms with E-state index < -0.39 is 24.3 Å². The second-order valence-corrected chi connectivity index (χ2v) is 21.3. The molecule has 0 aromatic rings. The number of rotatable bonds is 55. The Kier molecular flexibility index (Phi) is 51.5. The fourth-order valence-electron chi connectivity index (χ4n) is 8.42. The van der Waals surface area contributed by atoms with Gasteiger partial charge in [0.2, 0.25) is 0 Å². The Bertz CT molecular complexity index is 1300. The van der Waals surface area contributed by atoms with Crippen LogP contribution in [0.5, 0.6) is 0 Å². The minimum atomic E-state index is -1.62. The van der Waals surface area contributed by atoms with Crippen LogP contribution in [0.25, 0.3) is 0 Å². The first-order valence-electron chi connectivity index (χ1n) is 29.8. The predicted molar refractivity (Wildman–Crippen MR) is 297 cm³/mol. The number of carbonyl (C=O) groups excluding carboxylic acids is 3. The van der Waals surface area contributed by atoms with Gasteiger partial charge in [0.05, 0.1) is 40.3 Å². The highest BCUT2D eigenvalue weighted by Gasteiger charge is 2.22. The van der Waals surface area contributed by atoms with Gasteiger partial charge in [-0.3, -0.25) is 9.59 Å². The van der Waals surface area contributed by atoms with E-state index in [9.17, 15) is 19.5 Å². The highest BCUT2D eigenvalue weighted by molar-refractivity contribution is 5.70. The van der Waals surface area contributed by atoms with E-state index in [4.69, 9.17) is 18.9 Å². The third-order valence-corrected chi connectivity index (χ3v) is 13.0. The molecule has 0 saturated heterocycles. The first-order valence-corrected chi connectivity index (χ1v) is 29.8. The Balaban J connectivity index is 4.23. The number of hydrogen-bond acceptors (Lipinski definition) is 8. The van der Waals surface area contributed by atoms with Gasteiger partial charge in [-0.05, 0) is 77.0 Å². The van der Waals surface area contributed by atoms with E-state index in [1.807, 2.05) is 21.1 Å². The molecule has 0 N–H and O–H groups in total. The molecule has 0 aliphatic carbocycles. The van der Waals surface area contributed by atoms with Crippen LogP contribution in [0.3, 0.4) is 0 Å². The van der Waals surface area contributed by atoms with E-state index in [0.29, 0.717) is 17.4 Å². The Morgan fingerprint density at radius 3 is 1.11 bits per heavy atom. The largest absolute Gasteiger partial charge is 0.545 e. The van der Waals surface area contributed by atoms with Crippen molar-refractivity contribution in [3.05, 3.63) is 48.6 Å². The van der Waals surface area contributed by atoms with Crippen molar-refractivity contribution in [1.82, 2.24) is 0 Å². The standard InChI is InChI=1S/C62H113NO8/c1-6-8-10-12-14-16-18-20-22-24-26-28-30-32-34-36-38-40-42-44-46-48-50-52-59(64)69-56-58(57-70-62(61(66)67)68-55-54-63(3,4)5)71-60(65)53-51-49-47-45-43-41-39-37-35-33-31-29-27-25-23-21-19-17-15-13-11-9-7-2/h18-21,24-27,58,62H,6-17,22-23,28-57H2,1-5H3/b20-18-,21-19-,26-24-,27-25-.